The van der Waals surface area contributed by atoms with E-state index in [2.05, 4.69) is 40.1 Å². The molecule has 0 aromatic heterocycles. The number of carbonyl (C=O) groups excluding carboxylic acids is 1. The zero-order valence-electron chi connectivity index (χ0n) is 24.2. The normalized spacial score (nSPS) is 25.8. The van der Waals surface area contributed by atoms with E-state index in [1.54, 1.807) is 19.1 Å². The Hall–Kier alpha value is -2.69. The molecule has 0 N–H and O–H groups in total. The minimum absolute atomic E-state index is 0.169. The Balaban J connectivity index is 1.07. The van der Waals surface area contributed by atoms with E-state index in [1.165, 1.54) is 0 Å². The molecule has 0 amide bonds. The van der Waals surface area contributed by atoms with Gasteiger partial charge >= 0.3 is 0 Å². The van der Waals surface area contributed by atoms with Gasteiger partial charge < -0.3 is 14.6 Å². The van der Waals surface area contributed by atoms with Crippen molar-refractivity contribution in [2.75, 3.05) is 37.6 Å². The fraction of sp³-hybridized carbons (Fsp3) is 0.588. The molecular weight excluding hydrogens is 530 g/mol. The van der Waals surface area contributed by atoms with Gasteiger partial charge in [0, 0.05) is 37.7 Å². The minimum Gasteiger partial charge on any atom is -0.371 e. The summed E-state index contributed by atoms with van der Waals surface area (Å²) in [6, 6.07) is 20.8. The number of likely N-dealkylation sites (tertiary alicyclic amines) is 1. The van der Waals surface area contributed by atoms with Crippen molar-refractivity contribution in [3.8, 4) is 6.07 Å². The van der Waals surface area contributed by atoms with Gasteiger partial charge in [-0.15, -0.1) is 0 Å². The summed E-state index contributed by atoms with van der Waals surface area (Å²) in [5.41, 5.74) is 1.72. The van der Waals surface area contributed by atoms with E-state index in [-0.39, 0.29) is 17.0 Å². The second kappa shape index (κ2) is 11.5. The lowest BCUT2D eigenvalue weighted by atomic mass is 9.58. The Kier molecular flexibility index (Phi) is 8.00. The maximum atomic E-state index is 12.5. The van der Waals surface area contributed by atoms with Gasteiger partial charge in [0.15, 0.2) is 9.84 Å². The minimum atomic E-state index is -3.14. The average molecular weight is 574 g/mol. The van der Waals surface area contributed by atoms with Crippen LogP contribution in [-0.4, -0.2) is 57.1 Å². The summed E-state index contributed by atoms with van der Waals surface area (Å²) in [6.45, 7) is 6.77. The highest BCUT2D eigenvalue weighted by Gasteiger charge is 2.52. The Labute approximate surface area is 245 Å². The van der Waals surface area contributed by atoms with Gasteiger partial charge in [0.2, 0.25) is 0 Å². The van der Waals surface area contributed by atoms with Gasteiger partial charge in [0.05, 0.1) is 21.6 Å². The van der Waals surface area contributed by atoms with E-state index in [4.69, 9.17) is 0 Å². The van der Waals surface area contributed by atoms with Gasteiger partial charge in [0.1, 0.15) is 5.78 Å². The Bertz CT molecular complexity index is 1370. The van der Waals surface area contributed by atoms with Crippen LogP contribution in [0.25, 0.3) is 0 Å². The van der Waals surface area contributed by atoms with Crippen molar-refractivity contribution >= 4 is 21.3 Å². The van der Waals surface area contributed by atoms with E-state index in [9.17, 15) is 18.5 Å². The van der Waals surface area contributed by atoms with Gasteiger partial charge in [-0.3, -0.25) is 0 Å². The van der Waals surface area contributed by atoms with Crippen LogP contribution in [-0.2, 0) is 20.0 Å². The largest absolute Gasteiger partial charge is 0.371 e. The molecule has 2 aliphatic carbocycles. The summed E-state index contributed by atoms with van der Waals surface area (Å²) >= 11 is 0. The monoisotopic (exact) mass is 573 g/mol. The van der Waals surface area contributed by atoms with Crippen LogP contribution in [0.3, 0.4) is 0 Å². The molecule has 2 aromatic rings. The number of Topliss-reactive ketones (excluding diaryl/α,β-unsaturated/α-hetero) is 1. The van der Waals surface area contributed by atoms with E-state index in [1.807, 2.05) is 18.2 Å². The summed E-state index contributed by atoms with van der Waals surface area (Å²) in [4.78, 5) is 17.5. The SMILES string of the molecule is CC(=O)C[C@@H]1CCC[C@H]1C(C#N)(c1ccccc1)C1CCN(CC2CN(c3ccc(S(=O)(=O)C4CC4)cc3)C2)CC1. The van der Waals surface area contributed by atoms with Gasteiger partial charge in [-0.05, 0) is 106 Å². The van der Waals surface area contributed by atoms with Crippen LogP contribution in [0, 0.1) is 35.0 Å². The van der Waals surface area contributed by atoms with Gasteiger partial charge in [-0.25, -0.2) is 8.42 Å². The lowest BCUT2D eigenvalue weighted by Crippen LogP contribution is -2.54. The number of nitrogens with zero attached hydrogens (tertiary/aromatic N) is 3. The van der Waals surface area contributed by atoms with Crippen molar-refractivity contribution in [2.45, 2.75) is 73.9 Å². The highest BCUT2D eigenvalue weighted by molar-refractivity contribution is 7.92. The molecule has 7 heteroatoms. The first-order valence-electron chi connectivity index (χ1n) is 15.6. The number of rotatable bonds is 10. The molecule has 218 valence electrons. The zero-order chi connectivity index (χ0) is 28.6. The predicted octanol–water partition coefficient (Wildman–Crippen LogP) is 5.63. The molecule has 2 aliphatic heterocycles. The van der Waals surface area contributed by atoms with Crippen molar-refractivity contribution in [1.82, 2.24) is 4.90 Å². The number of anilines is 1. The van der Waals surface area contributed by atoms with Crippen LogP contribution < -0.4 is 4.90 Å². The number of hydrogen-bond acceptors (Lipinski definition) is 6. The quantitative estimate of drug-likeness (QED) is 0.367. The molecule has 4 fully saturated rings. The number of ketones is 1. The van der Waals surface area contributed by atoms with Crippen LogP contribution in [0.15, 0.2) is 59.5 Å². The molecule has 6 rings (SSSR count). The summed E-state index contributed by atoms with van der Waals surface area (Å²) in [5.74, 6) is 1.68. The van der Waals surface area contributed by atoms with Crippen LogP contribution >= 0.6 is 0 Å². The fourth-order valence-electron chi connectivity index (χ4n) is 8.20. The van der Waals surface area contributed by atoms with Crippen LogP contribution in [0.1, 0.15) is 63.9 Å². The first-order valence-corrected chi connectivity index (χ1v) is 17.1. The number of benzene rings is 2. The molecule has 2 saturated carbocycles. The smallest absolute Gasteiger partial charge is 0.181 e. The molecule has 41 heavy (non-hydrogen) atoms. The van der Waals surface area contributed by atoms with Crippen molar-refractivity contribution < 1.29 is 13.2 Å². The Morgan fingerprint density at radius 3 is 2.24 bits per heavy atom. The summed E-state index contributed by atoms with van der Waals surface area (Å²) in [5, 5.41) is 10.7. The lowest BCUT2D eigenvalue weighted by Gasteiger charge is -2.48. The van der Waals surface area contributed by atoms with Crippen molar-refractivity contribution in [1.29, 1.82) is 5.26 Å². The maximum absolute atomic E-state index is 12.5. The third-order valence-electron chi connectivity index (χ3n) is 10.4. The van der Waals surface area contributed by atoms with Gasteiger partial charge in [-0.2, -0.15) is 5.26 Å². The van der Waals surface area contributed by atoms with Gasteiger partial charge in [0.25, 0.3) is 0 Å². The Morgan fingerprint density at radius 2 is 1.63 bits per heavy atom. The standard InChI is InChI=1S/C34H43N3O3S/c1-25(38)20-27-6-5-9-33(27)34(24-35,28-7-3-2-4-8-28)29-16-18-36(19-17-29)21-26-22-37(23-26)30-10-12-31(13-11-30)41(39,40)32-14-15-32/h2-4,7-8,10-13,26-27,29,32-33H,5-6,9,14-23H2,1H3/t27-,33+,34?/m0/s1. The first-order chi connectivity index (χ1) is 19.8. The molecular formula is C34H43N3O3S. The fourth-order valence-corrected chi connectivity index (χ4v) is 9.86. The van der Waals surface area contributed by atoms with Crippen molar-refractivity contribution in [3.05, 3.63) is 60.2 Å². The van der Waals surface area contributed by atoms with Crippen molar-refractivity contribution in [2.24, 2.45) is 23.7 Å². The molecule has 2 heterocycles. The van der Waals surface area contributed by atoms with Crippen molar-refractivity contribution in [3.63, 3.8) is 0 Å². The number of sulfone groups is 1. The molecule has 1 unspecified atom stereocenters. The number of nitriles is 1. The summed E-state index contributed by atoms with van der Waals surface area (Å²) in [6.07, 6.45) is 7.40. The van der Waals surface area contributed by atoms with Crippen LogP contribution in [0.5, 0.6) is 0 Å². The van der Waals surface area contributed by atoms with E-state index >= 15 is 0 Å². The third kappa shape index (κ3) is 5.58. The second-order valence-electron chi connectivity index (χ2n) is 13.1. The zero-order valence-corrected chi connectivity index (χ0v) is 25.1. The summed E-state index contributed by atoms with van der Waals surface area (Å²) < 4.78 is 25.0. The molecule has 0 bridgehead atoms. The summed E-state index contributed by atoms with van der Waals surface area (Å²) in [7, 11) is -3.14. The number of hydrogen-bond donors (Lipinski definition) is 0. The number of piperidine rings is 1. The number of carbonyl (C=O) groups is 1. The third-order valence-corrected chi connectivity index (χ3v) is 12.7. The molecule has 2 saturated heterocycles. The second-order valence-corrected chi connectivity index (χ2v) is 15.4. The highest BCUT2D eigenvalue weighted by atomic mass is 32.2. The predicted molar refractivity (Wildman–Crippen MR) is 161 cm³/mol. The molecule has 0 spiro atoms. The van der Waals surface area contributed by atoms with E-state index < -0.39 is 15.3 Å². The maximum Gasteiger partial charge on any atom is 0.181 e. The molecule has 0 radical (unpaired) electrons. The lowest BCUT2D eigenvalue weighted by molar-refractivity contribution is -0.118. The Morgan fingerprint density at radius 1 is 0.951 bits per heavy atom. The molecule has 6 nitrogen and oxygen atoms in total. The van der Waals surface area contributed by atoms with E-state index in [0.717, 1.165) is 88.9 Å². The van der Waals surface area contributed by atoms with Gasteiger partial charge in [-0.1, -0.05) is 36.8 Å². The topological polar surface area (TPSA) is 81.5 Å². The molecule has 3 atom stereocenters. The highest BCUT2D eigenvalue weighted by Crippen LogP contribution is 2.53. The van der Waals surface area contributed by atoms with E-state index in [0.29, 0.717) is 29.1 Å². The molecule has 2 aromatic carbocycles. The average Bonchev–Trinajstić information content (AvgIpc) is 3.74. The van der Waals surface area contributed by atoms with Crippen LogP contribution in [0.4, 0.5) is 5.69 Å². The first kappa shape index (κ1) is 28.4. The van der Waals surface area contributed by atoms with Crippen LogP contribution in [0.2, 0.25) is 0 Å². The molecule has 4 aliphatic rings.